The third kappa shape index (κ3) is 4.84. The van der Waals surface area contributed by atoms with Crippen LogP contribution in [0.4, 0.5) is 11.4 Å². The quantitative estimate of drug-likeness (QED) is 0.469. The highest BCUT2D eigenvalue weighted by atomic mass is 35.5. The number of benzene rings is 2. The Hall–Kier alpha value is -3.51. The smallest absolute Gasteiger partial charge is 0.239 e. The number of amides is 1. The zero-order valence-corrected chi connectivity index (χ0v) is 20.6. The number of nitrogens with one attached hydrogen (secondary N) is 2. The van der Waals surface area contributed by atoms with Crippen molar-refractivity contribution in [3.63, 3.8) is 0 Å². The Morgan fingerprint density at radius 3 is 2.63 bits per heavy atom. The lowest BCUT2D eigenvalue weighted by Crippen LogP contribution is -2.41. The molecule has 0 spiro atoms. The van der Waals surface area contributed by atoms with Crippen molar-refractivity contribution in [2.75, 3.05) is 16.8 Å². The highest BCUT2D eigenvalue weighted by molar-refractivity contribution is 6.30. The average Bonchev–Trinajstić information content (AvgIpc) is 3.30. The fourth-order valence-corrected chi connectivity index (χ4v) is 5.11. The number of carbonyl (C=O) groups is 2. The molecule has 1 aliphatic heterocycles. The van der Waals surface area contributed by atoms with Crippen LogP contribution in [0.2, 0.25) is 5.02 Å². The first kappa shape index (κ1) is 23.2. The van der Waals surface area contributed by atoms with Crippen LogP contribution in [0.5, 0.6) is 0 Å². The summed E-state index contributed by atoms with van der Waals surface area (Å²) < 4.78 is 5.85. The van der Waals surface area contributed by atoms with E-state index in [4.69, 9.17) is 16.0 Å². The number of hydrogen-bond donors (Lipinski definition) is 2. The lowest BCUT2D eigenvalue weighted by molar-refractivity contribution is -0.121. The molecule has 1 atom stereocenters. The van der Waals surface area contributed by atoms with Gasteiger partial charge in [-0.15, -0.1) is 0 Å². The van der Waals surface area contributed by atoms with Gasteiger partial charge in [-0.05, 0) is 53.8 Å². The summed E-state index contributed by atoms with van der Waals surface area (Å²) in [6.07, 6.45) is 2.78. The first-order valence-electron chi connectivity index (χ1n) is 11.7. The fraction of sp³-hybridized carbons (Fsp3) is 0.286. The Morgan fingerprint density at radius 1 is 1.11 bits per heavy atom. The zero-order valence-electron chi connectivity index (χ0n) is 19.8. The van der Waals surface area contributed by atoms with E-state index in [9.17, 15) is 9.59 Å². The average molecular weight is 490 g/mol. The van der Waals surface area contributed by atoms with Crippen LogP contribution in [0.3, 0.4) is 0 Å². The zero-order chi connectivity index (χ0) is 24.6. The predicted octanol–water partition coefficient (Wildman–Crippen LogP) is 5.87. The molecule has 0 saturated carbocycles. The number of halogens is 1. The van der Waals surface area contributed by atoms with E-state index in [2.05, 4.69) is 24.5 Å². The van der Waals surface area contributed by atoms with E-state index >= 15 is 0 Å². The van der Waals surface area contributed by atoms with E-state index in [1.165, 1.54) is 0 Å². The third-order valence-electron chi connectivity index (χ3n) is 6.53. The van der Waals surface area contributed by atoms with Crippen molar-refractivity contribution in [2.45, 2.75) is 39.3 Å². The summed E-state index contributed by atoms with van der Waals surface area (Å²) >= 11 is 5.98. The Bertz CT molecular complexity index is 1280. The number of Topliss-reactive ketones (excluding diaryl/α,β-unsaturated/α-hetero) is 1. The van der Waals surface area contributed by atoms with Crippen molar-refractivity contribution in [1.29, 1.82) is 0 Å². The van der Waals surface area contributed by atoms with Crippen molar-refractivity contribution in [3.8, 4) is 0 Å². The number of para-hydroxylation sites is 2. The summed E-state index contributed by atoms with van der Waals surface area (Å²) in [6, 6.07) is 18.4. The maximum absolute atomic E-state index is 13.5. The van der Waals surface area contributed by atoms with Crippen LogP contribution in [0, 0.1) is 5.41 Å². The molecule has 3 aromatic rings. The molecule has 7 heteroatoms. The Morgan fingerprint density at radius 2 is 1.89 bits per heavy atom. The molecule has 6 nitrogen and oxygen atoms in total. The molecule has 0 radical (unpaired) electrons. The number of fused-ring (bicyclic) bond motifs is 1. The minimum Gasteiger partial charge on any atom is -0.467 e. The molecule has 0 unspecified atom stereocenters. The lowest BCUT2D eigenvalue weighted by atomic mass is 9.74. The Labute approximate surface area is 210 Å². The van der Waals surface area contributed by atoms with Gasteiger partial charge in [0.25, 0.3) is 0 Å². The Kier molecular flexibility index (Phi) is 6.15. The monoisotopic (exact) mass is 489 g/mol. The number of hydrogen-bond acceptors (Lipinski definition) is 5. The normalized spacial score (nSPS) is 18.9. The maximum Gasteiger partial charge on any atom is 0.239 e. The predicted molar refractivity (Wildman–Crippen MR) is 137 cm³/mol. The SMILES string of the molecule is CC1(C)CC(=O)C2=C(C1)Nc1ccccc1N(CC(=O)NCc1ccc(Cl)cc1)[C@@H]2c1ccco1. The van der Waals surface area contributed by atoms with E-state index < -0.39 is 6.04 Å². The van der Waals surface area contributed by atoms with Crippen molar-refractivity contribution >= 4 is 34.7 Å². The molecule has 2 heterocycles. The number of rotatable bonds is 5. The van der Waals surface area contributed by atoms with Crippen LogP contribution in [0.15, 0.2) is 82.6 Å². The van der Waals surface area contributed by atoms with Crippen molar-refractivity contribution < 1.29 is 14.0 Å². The number of furan rings is 1. The van der Waals surface area contributed by atoms with Crippen molar-refractivity contribution in [3.05, 3.63) is 94.5 Å². The van der Waals surface area contributed by atoms with Crippen LogP contribution in [-0.4, -0.2) is 18.2 Å². The van der Waals surface area contributed by atoms with E-state index in [1.54, 1.807) is 18.4 Å². The molecule has 1 aromatic heterocycles. The van der Waals surface area contributed by atoms with Gasteiger partial charge in [-0.1, -0.05) is 49.7 Å². The second-order valence-corrected chi connectivity index (χ2v) is 10.4. The van der Waals surface area contributed by atoms with Crippen LogP contribution in [0.25, 0.3) is 0 Å². The molecule has 2 aromatic carbocycles. The van der Waals surface area contributed by atoms with Gasteiger partial charge in [-0.25, -0.2) is 0 Å². The molecule has 1 amide bonds. The maximum atomic E-state index is 13.5. The van der Waals surface area contributed by atoms with Crippen LogP contribution in [-0.2, 0) is 16.1 Å². The summed E-state index contributed by atoms with van der Waals surface area (Å²) in [5, 5.41) is 7.19. The number of allylic oxidation sites excluding steroid dienone is 1. The summed E-state index contributed by atoms with van der Waals surface area (Å²) in [4.78, 5) is 28.7. The van der Waals surface area contributed by atoms with Crippen LogP contribution >= 0.6 is 11.6 Å². The standard InChI is InChI=1S/C28H28ClN3O3/c1-28(2)14-21-26(23(33)15-28)27(24-8-5-13-35-24)32(22-7-4-3-6-20(22)31-21)17-25(34)30-16-18-9-11-19(29)12-10-18/h3-13,27,31H,14-17H2,1-2H3,(H,30,34)/t27-/m1/s1. The molecule has 2 N–H and O–H groups in total. The van der Waals surface area contributed by atoms with Gasteiger partial charge in [-0.2, -0.15) is 0 Å². The molecule has 180 valence electrons. The molecule has 5 rings (SSSR count). The van der Waals surface area contributed by atoms with Gasteiger partial charge < -0.3 is 20.0 Å². The van der Waals surface area contributed by atoms with Gasteiger partial charge in [0.15, 0.2) is 5.78 Å². The van der Waals surface area contributed by atoms with E-state index in [0.717, 1.165) is 29.1 Å². The molecule has 35 heavy (non-hydrogen) atoms. The minimum absolute atomic E-state index is 0.0606. The number of carbonyl (C=O) groups excluding carboxylic acids is 2. The van der Waals surface area contributed by atoms with Gasteiger partial charge in [0.05, 0.1) is 24.2 Å². The number of anilines is 2. The Balaban J connectivity index is 1.52. The molecular formula is C28H28ClN3O3. The second-order valence-electron chi connectivity index (χ2n) is 9.92. The lowest BCUT2D eigenvalue weighted by Gasteiger charge is -2.36. The van der Waals surface area contributed by atoms with E-state index in [1.807, 2.05) is 53.4 Å². The van der Waals surface area contributed by atoms with Crippen LogP contribution in [0.1, 0.15) is 44.1 Å². The van der Waals surface area contributed by atoms with E-state index in [-0.39, 0.29) is 23.7 Å². The number of nitrogens with zero attached hydrogens (tertiary/aromatic N) is 1. The third-order valence-corrected chi connectivity index (χ3v) is 6.79. The fourth-order valence-electron chi connectivity index (χ4n) is 4.98. The highest BCUT2D eigenvalue weighted by Crippen LogP contribution is 2.48. The van der Waals surface area contributed by atoms with Gasteiger partial charge in [0.1, 0.15) is 11.8 Å². The minimum atomic E-state index is -0.513. The molecule has 0 fully saturated rings. The summed E-state index contributed by atoms with van der Waals surface area (Å²) in [5.41, 5.74) is 4.07. The largest absolute Gasteiger partial charge is 0.467 e. The van der Waals surface area contributed by atoms with Crippen molar-refractivity contribution in [2.24, 2.45) is 5.41 Å². The first-order valence-corrected chi connectivity index (χ1v) is 12.1. The van der Waals surface area contributed by atoms with E-state index in [0.29, 0.717) is 29.3 Å². The van der Waals surface area contributed by atoms with Gasteiger partial charge in [-0.3, -0.25) is 9.59 Å². The van der Waals surface area contributed by atoms with Gasteiger partial charge >= 0.3 is 0 Å². The van der Waals surface area contributed by atoms with Crippen LogP contribution < -0.4 is 15.5 Å². The number of ketones is 1. The molecule has 0 bridgehead atoms. The summed E-state index contributed by atoms with van der Waals surface area (Å²) in [6.45, 7) is 4.66. The molecular weight excluding hydrogens is 462 g/mol. The first-order chi connectivity index (χ1) is 16.8. The summed E-state index contributed by atoms with van der Waals surface area (Å²) in [7, 11) is 0. The van der Waals surface area contributed by atoms with Gasteiger partial charge in [0, 0.05) is 29.3 Å². The highest BCUT2D eigenvalue weighted by Gasteiger charge is 2.42. The molecule has 1 aliphatic carbocycles. The van der Waals surface area contributed by atoms with Gasteiger partial charge in [0.2, 0.25) is 5.91 Å². The second kappa shape index (κ2) is 9.27. The molecule has 0 saturated heterocycles. The molecule has 2 aliphatic rings. The summed E-state index contributed by atoms with van der Waals surface area (Å²) in [5.74, 6) is 0.554. The topological polar surface area (TPSA) is 74.6 Å². The van der Waals surface area contributed by atoms with Crippen molar-refractivity contribution in [1.82, 2.24) is 5.32 Å².